The summed E-state index contributed by atoms with van der Waals surface area (Å²) in [6.45, 7) is 2.37. The highest BCUT2D eigenvalue weighted by Crippen LogP contribution is 2.35. The molecule has 2 aliphatic carbocycles. The molecule has 13 heavy (non-hydrogen) atoms. The molecular weight excluding hydrogens is 160 g/mol. The van der Waals surface area contributed by atoms with Crippen molar-refractivity contribution in [2.24, 2.45) is 5.92 Å². The van der Waals surface area contributed by atoms with Gasteiger partial charge < -0.3 is 5.11 Å². The second-order valence-corrected chi connectivity index (χ2v) is 3.98. The molecule has 0 heterocycles. The standard InChI is InChI=1S/C12H16O/c1-9-6-10(8-13)7-11-4-2-3-5-12(9)11/h3,5-6,11,13H,2,4,7-8H2,1H3. The lowest BCUT2D eigenvalue weighted by Crippen LogP contribution is -2.14. The van der Waals surface area contributed by atoms with E-state index in [1.807, 2.05) is 0 Å². The van der Waals surface area contributed by atoms with Crippen LogP contribution >= 0.6 is 0 Å². The van der Waals surface area contributed by atoms with E-state index >= 15 is 0 Å². The smallest absolute Gasteiger partial charge is 0.0645 e. The topological polar surface area (TPSA) is 20.2 Å². The summed E-state index contributed by atoms with van der Waals surface area (Å²) in [5, 5.41) is 9.09. The molecule has 0 bridgehead atoms. The fourth-order valence-corrected chi connectivity index (χ4v) is 2.34. The minimum absolute atomic E-state index is 0.227. The Morgan fingerprint density at radius 1 is 1.54 bits per heavy atom. The Hall–Kier alpha value is -0.820. The van der Waals surface area contributed by atoms with Gasteiger partial charge in [-0.15, -0.1) is 0 Å². The van der Waals surface area contributed by atoms with Crippen LogP contribution in [0.2, 0.25) is 0 Å². The van der Waals surface area contributed by atoms with E-state index in [4.69, 9.17) is 5.11 Å². The highest BCUT2D eigenvalue weighted by atomic mass is 16.3. The van der Waals surface area contributed by atoms with Crippen molar-refractivity contribution < 1.29 is 5.11 Å². The highest BCUT2D eigenvalue weighted by Gasteiger charge is 2.21. The molecule has 1 nitrogen and oxygen atoms in total. The fourth-order valence-electron chi connectivity index (χ4n) is 2.34. The van der Waals surface area contributed by atoms with E-state index < -0.39 is 0 Å². The summed E-state index contributed by atoms with van der Waals surface area (Å²) in [5.41, 5.74) is 4.03. The van der Waals surface area contributed by atoms with E-state index in [1.54, 1.807) is 0 Å². The molecule has 0 aliphatic heterocycles. The van der Waals surface area contributed by atoms with Gasteiger partial charge in [-0.1, -0.05) is 18.2 Å². The van der Waals surface area contributed by atoms with Crippen LogP contribution in [0.1, 0.15) is 26.2 Å². The van der Waals surface area contributed by atoms with Crippen molar-refractivity contribution in [1.82, 2.24) is 0 Å². The highest BCUT2D eigenvalue weighted by molar-refractivity contribution is 5.41. The Balaban J connectivity index is 2.33. The van der Waals surface area contributed by atoms with Gasteiger partial charge >= 0.3 is 0 Å². The van der Waals surface area contributed by atoms with Crippen molar-refractivity contribution in [1.29, 1.82) is 0 Å². The molecule has 0 spiro atoms. The zero-order chi connectivity index (χ0) is 9.26. The number of hydrogen-bond acceptors (Lipinski definition) is 1. The van der Waals surface area contributed by atoms with Crippen molar-refractivity contribution in [3.05, 3.63) is 34.9 Å². The lowest BCUT2D eigenvalue weighted by molar-refractivity contribution is 0.319. The van der Waals surface area contributed by atoms with E-state index in [1.165, 1.54) is 29.6 Å². The van der Waals surface area contributed by atoms with Crippen molar-refractivity contribution in [3.8, 4) is 0 Å². The van der Waals surface area contributed by atoms with Crippen LogP contribution in [-0.4, -0.2) is 11.7 Å². The Kier molecular flexibility index (Phi) is 2.36. The number of aliphatic hydroxyl groups excluding tert-OH is 1. The molecule has 70 valence electrons. The molecule has 1 atom stereocenters. The van der Waals surface area contributed by atoms with Gasteiger partial charge in [0.1, 0.15) is 0 Å². The molecule has 1 N–H and O–H groups in total. The van der Waals surface area contributed by atoms with E-state index in [-0.39, 0.29) is 6.61 Å². The van der Waals surface area contributed by atoms with E-state index in [2.05, 4.69) is 25.2 Å². The number of fused-ring (bicyclic) bond motifs is 1. The number of aliphatic hydroxyl groups is 1. The number of allylic oxidation sites excluding steroid dienone is 5. The summed E-state index contributed by atoms with van der Waals surface area (Å²) in [4.78, 5) is 0. The molecule has 2 rings (SSSR count). The Morgan fingerprint density at radius 2 is 2.38 bits per heavy atom. The third kappa shape index (κ3) is 1.61. The first-order valence-corrected chi connectivity index (χ1v) is 4.99. The summed E-state index contributed by atoms with van der Waals surface area (Å²) >= 11 is 0. The van der Waals surface area contributed by atoms with Crippen LogP contribution in [-0.2, 0) is 0 Å². The van der Waals surface area contributed by atoms with Crippen molar-refractivity contribution >= 4 is 0 Å². The Labute approximate surface area is 79.5 Å². The zero-order valence-electron chi connectivity index (χ0n) is 8.09. The second kappa shape index (κ2) is 3.51. The lowest BCUT2D eigenvalue weighted by Gasteiger charge is -2.27. The number of hydrogen-bond donors (Lipinski definition) is 1. The predicted molar refractivity (Wildman–Crippen MR) is 54.3 cm³/mol. The molecule has 1 unspecified atom stereocenters. The summed E-state index contributed by atoms with van der Waals surface area (Å²) in [7, 11) is 0. The molecule has 0 aromatic heterocycles. The van der Waals surface area contributed by atoms with Crippen LogP contribution in [0.25, 0.3) is 0 Å². The van der Waals surface area contributed by atoms with Gasteiger partial charge in [-0.05, 0) is 48.8 Å². The molecule has 0 fully saturated rings. The van der Waals surface area contributed by atoms with E-state index in [0.29, 0.717) is 5.92 Å². The summed E-state index contributed by atoms with van der Waals surface area (Å²) < 4.78 is 0. The van der Waals surface area contributed by atoms with Gasteiger partial charge in [0.15, 0.2) is 0 Å². The second-order valence-electron chi connectivity index (χ2n) is 3.98. The summed E-state index contributed by atoms with van der Waals surface area (Å²) in [5.74, 6) is 0.678. The third-order valence-corrected chi connectivity index (χ3v) is 3.01. The Morgan fingerprint density at radius 3 is 3.15 bits per heavy atom. The first kappa shape index (κ1) is 8.76. The van der Waals surface area contributed by atoms with Crippen LogP contribution in [0.4, 0.5) is 0 Å². The first-order valence-electron chi connectivity index (χ1n) is 4.99. The maximum Gasteiger partial charge on any atom is 0.0645 e. The van der Waals surface area contributed by atoms with Crippen LogP contribution in [0.5, 0.6) is 0 Å². The number of rotatable bonds is 1. The van der Waals surface area contributed by atoms with Gasteiger partial charge in [-0.25, -0.2) is 0 Å². The van der Waals surface area contributed by atoms with Crippen molar-refractivity contribution in [2.45, 2.75) is 26.2 Å². The van der Waals surface area contributed by atoms with E-state index in [9.17, 15) is 0 Å². The zero-order valence-corrected chi connectivity index (χ0v) is 8.09. The molecule has 0 amide bonds. The molecule has 1 heteroatoms. The van der Waals surface area contributed by atoms with Crippen molar-refractivity contribution in [2.75, 3.05) is 6.61 Å². The molecule has 0 radical (unpaired) electrons. The van der Waals surface area contributed by atoms with Gasteiger partial charge in [0.2, 0.25) is 0 Å². The van der Waals surface area contributed by atoms with Crippen LogP contribution in [0.3, 0.4) is 0 Å². The molecule has 0 aromatic carbocycles. The van der Waals surface area contributed by atoms with Gasteiger partial charge in [0.25, 0.3) is 0 Å². The van der Waals surface area contributed by atoms with Crippen LogP contribution < -0.4 is 0 Å². The van der Waals surface area contributed by atoms with Gasteiger partial charge in [-0.3, -0.25) is 0 Å². The SMILES string of the molecule is CC1=C2C=CCCC2CC(CO)=C1. The van der Waals surface area contributed by atoms with Crippen LogP contribution in [0.15, 0.2) is 34.9 Å². The average molecular weight is 176 g/mol. The maximum absolute atomic E-state index is 9.09. The normalized spacial score (nSPS) is 27.2. The maximum atomic E-state index is 9.09. The minimum atomic E-state index is 0.227. The summed E-state index contributed by atoms with van der Waals surface area (Å²) in [6.07, 6.45) is 10.2. The summed E-state index contributed by atoms with van der Waals surface area (Å²) in [6, 6.07) is 0. The first-order chi connectivity index (χ1) is 6.31. The van der Waals surface area contributed by atoms with Gasteiger partial charge in [-0.2, -0.15) is 0 Å². The monoisotopic (exact) mass is 176 g/mol. The molecule has 0 saturated carbocycles. The van der Waals surface area contributed by atoms with Gasteiger partial charge in [0.05, 0.1) is 6.61 Å². The lowest BCUT2D eigenvalue weighted by atomic mass is 9.78. The van der Waals surface area contributed by atoms with Crippen LogP contribution in [0, 0.1) is 5.92 Å². The molecule has 2 aliphatic rings. The Bertz CT molecular complexity index is 294. The van der Waals surface area contributed by atoms with E-state index in [0.717, 1.165) is 6.42 Å². The van der Waals surface area contributed by atoms with Gasteiger partial charge in [0, 0.05) is 0 Å². The average Bonchev–Trinajstić information content (AvgIpc) is 2.18. The van der Waals surface area contributed by atoms with Crippen molar-refractivity contribution in [3.63, 3.8) is 0 Å². The molecule has 0 saturated heterocycles. The fraction of sp³-hybridized carbons (Fsp3) is 0.500. The molecular formula is C12H16O. The molecule has 0 aromatic rings. The minimum Gasteiger partial charge on any atom is -0.392 e. The third-order valence-electron chi connectivity index (χ3n) is 3.01. The largest absolute Gasteiger partial charge is 0.392 e. The quantitative estimate of drug-likeness (QED) is 0.651. The predicted octanol–water partition coefficient (Wildman–Crippen LogP) is 2.59.